The topological polar surface area (TPSA) is 54.5 Å². The first kappa shape index (κ1) is 21.0. The van der Waals surface area contributed by atoms with Crippen molar-refractivity contribution in [3.63, 3.8) is 0 Å². The monoisotopic (exact) mass is 407 g/mol. The van der Waals surface area contributed by atoms with Gasteiger partial charge in [-0.2, -0.15) is 13.2 Å². The Bertz CT molecular complexity index is 815. The van der Waals surface area contributed by atoms with Crippen molar-refractivity contribution in [1.82, 2.24) is 10.3 Å². The maximum Gasteiger partial charge on any atom is 0.417 e. The molecule has 1 aliphatic rings. The summed E-state index contributed by atoms with van der Waals surface area (Å²) in [7, 11) is 0. The number of nitrogens with one attached hydrogen (secondary N) is 1. The van der Waals surface area contributed by atoms with Gasteiger partial charge in [-0.05, 0) is 51.0 Å². The number of piperidine rings is 1. The molecule has 29 heavy (non-hydrogen) atoms. The summed E-state index contributed by atoms with van der Waals surface area (Å²) < 4.78 is 43.6. The number of rotatable bonds is 5. The lowest BCUT2D eigenvalue weighted by molar-refractivity contribution is -0.137. The minimum Gasteiger partial charge on any atom is -0.481 e. The van der Waals surface area contributed by atoms with Gasteiger partial charge in [-0.15, -0.1) is 0 Å². The number of hydrogen-bond acceptors (Lipinski definition) is 4. The van der Waals surface area contributed by atoms with Crippen LogP contribution in [-0.4, -0.2) is 36.1 Å². The predicted octanol–water partition coefficient (Wildman–Crippen LogP) is 3.96. The fourth-order valence-electron chi connectivity index (χ4n) is 3.19. The van der Waals surface area contributed by atoms with Crippen LogP contribution in [0.2, 0.25) is 0 Å². The summed E-state index contributed by atoms with van der Waals surface area (Å²) >= 11 is 0. The number of benzene rings is 1. The lowest BCUT2D eigenvalue weighted by Crippen LogP contribution is -2.48. The van der Waals surface area contributed by atoms with Crippen LogP contribution in [0.1, 0.15) is 30.9 Å². The molecule has 0 spiro atoms. The van der Waals surface area contributed by atoms with Crippen LogP contribution in [0.25, 0.3) is 0 Å². The molecule has 2 heterocycles. The number of anilines is 1. The highest BCUT2D eigenvalue weighted by atomic mass is 19.4. The SMILES string of the molecule is Cc1ccc(OC(C)C(=O)NC2CCN(c3ccc(C(F)(F)F)cn3)CC2)cc1. The second kappa shape index (κ2) is 8.71. The maximum absolute atomic E-state index is 12.7. The molecule has 3 rings (SSSR count). The summed E-state index contributed by atoms with van der Waals surface area (Å²) in [5.41, 5.74) is 0.356. The summed E-state index contributed by atoms with van der Waals surface area (Å²) in [6.07, 6.45) is -2.78. The van der Waals surface area contributed by atoms with E-state index in [-0.39, 0.29) is 11.9 Å². The van der Waals surface area contributed by atoms with Crippen LogP contribution < -0.4 is 15.0 Å². The largest absolute Gasteiger partial charge is 0.481 e. The Morgan fingerprint density at radius 2 is 1.83 bits per heavy atom. The molecule has 1 unspecified atom stereocenters. The van der Waals surface area contributed by atoms with Crippen molar-refractivity contribution in [2.75, 3.05) is 18.0 Å². The summed E-state index contributed by atoms with van der Waals surface area (Å²) in [4.78, 5) is 18.3. The number of aromatic nitrogens is 1. The van der Waals surface area contributed by atoms with E-state index in [1.54, 1.807) is 6.92 Å². The summed E-state index contributed by atoms with van der Waals surface area (Å²) in [6, 6.07) is 9.93. The number of pyridine rings is 1. The van der Waals surface area contributed by atoms with Crippen molar-refractivity contribution in [3.05, 3.63) is 53.7 Å². The quantitative estimate of drug-likeness (QED) is 0.815. The van der Waals surface area contributed by atoms with Gasteiger partial charge in [0, 0.05) is 25.3 Å². The molecule has 0 aliphatic carbocycles. The van der Waals surface area contributed by atoms with Gasteiger partial charge in [0.25, 0.3) is 5.91 Å². The van der Waals surface area contributed by atoms with Crippen molar-refractivity contribution in [2.45, 2.75) is 45.0 Å². The van der Waals surface area contributed by atoms with Gasteiger partial charge in [0.05, 0.1) is 5.56 Å². The molecular weight excluding hydrogens is 383 g/mol. The van der Waals surface area contributed by atoms with E-state index in [0.29, 0.717) is 37.5 Å². The zero-order chi connectivity index (χ0) is 21.0. The third-order valence-corrected chi connectivity index (χ3v) is 4.94. The van der Waals surface area contributed by atoms with Gasteiger partial charge in [0.15, 0.2) is 6.10 Å². The van der Waals surface area contributed by atoms with Crippen molar-refractivity contribution in [3.8, 4) is 5.75 Å². The molecular formula is C21H24F3N3O2. The number of ether oxygens (including phenoxy) is 1. The van der Waals surface area contributed by atoms with Crippen LogP contribution in [0.3, 0.4) is 0 Å². The van der Waals surface area contributed by atoms with Crippen LogP contribution in [0.15, 0.2) is 42.6 Å². The van der Waals surface area contributed by atoms with E-state index in [9.17, 15) is 18.0 Å². The number of carbonyl (C=O) groups excluding carboxylic acids is 1. The molecule has 1 fully saturated rings. The zero-order valence-electron chi connectivity index (χ0n) is 16.4. The van der Waals surface area contributed by atoms with E-state index in [4.69, 9.17) is 4.74 Å². The van der Waals surface area contributed by atoms with E-state index in [1.165, 1.54) is 6.07 Å². The van der Waals surface area contributed by atoms with Crippen molar-refractivity contribution < 1.29 is 22.7 Å². The van der Waals surface area contributed by atoms with Crippen LogP contribution in [0.4, 0.5) is 19.0 Å². The molecule has 1 amide bonds. The van der Waals surface area contributed by atoms with Crippen LogP contribution in [-0.2, 0) is 11.0 Å². The van der Waals surface area contributed by atoms with Gasteiger partial charge < -0.3 is 15.0 Å². The first-order valence-electron chi connectivity index (χ1n) is 9.54. The van der Waals surface area contributed by atoms with Gasteiger partial charge in [-0.3, -0.25) is 4.79 Å². The first-order valence-corrected chi connectivity index (χ1v) is 9.54. The highest BCUT2D eigenvalue weighted by Gasteiger charge is 2.31. The van der Waals surface area contributed by atoms with Gasteiger partial charge in [0.2, 0.25) is 0 Å². The molecule has 8 heteroatoms. The van der Waals surface area contributed by atoms with Gasteiger partial charge in [0.1, 0.15) is 11.6 Å². The van der Waals surface area contributed by atoms with E-state index in [2.05, 4.69) is 10.3 Å². The molecule has 0 bridgehead atoms. The second-order valence-electron chi connectivity index (χ2n) is 7.25. The van der Waals surface area contributed by atoms with Gasteiger partial charge in [-0.1, -0.05) is 17.7 Å². The number of amides is 1. The number of alkyl halides is 3. The van der Waals surface area contributed by atoms with Crippen molar-refractivity contribution >= 4 is 11.7 Å². The Labute approximate surface area is 167 Å². The Kier molecular flexibility index (Phi) is 6.30. The highest BCUT2D eigenvalue weighted by molar-refractivity contribution is 5.81. The summed E-state index contributed by atoms with van der Waals surface area (Å²) in [6.45, 7) is 4.90. The number of carbonyl (C=O) groups is 1. The molecule has 0 saturated carbocycles. The number of hydrogen-bond donors (Lipinski definition) is 1. The minimum absolute atomic E-state index is 0.00253. The lowest BCUT2D eigenvalue weighted by Gasteiger charge is -2.33. The summed E-state index contributed by atoms with van der Waals surface area (Å²) in [5.74, 6) is 0.969. The van der Waals surface area contributed by atoms with Gasteiger partial charge in [-0.25, -0.2) is 4.98 Å². The molecule has 1 aromatic heterocycles. The summed E-state index contributed by atoms with van der Waals surface area (Å²) in [5, 5.41) is 2.99. The molecule has 1 aliphatic heterocycles. The average molecular weight is 407 g/mol. The highest BCUT2D eigenvalue weighted by Crippen LogP contribution is 2.29. The number of aryl methyl sites for hydroxylation is 1. The fraction of sp³-hybridized carbons (Fsp3) is 0.429. The molecule has 0 radical (unpaired) electrons. The molecule has 1 aromatic carbocycles. The van der Waals surface area contributed by atoms with Crippen molar-refractivity contribution in [1.29, 1.82) is 0 Å². The lowest BCUT2D eigenvalue weighted by atomic mass is 10.0. The Balaban J connectivity index is 1.47. The smallest absolute Gasteiger partial charge is 0.417 e. The number of halogens is 3. The minimum atomic E-state index is -4.39. The maximum atomic E-state index is 12.7. The first-order chi connectivity index (χ1) is 13.7. The van der Waals surface area contributed by atoms with E-state index < -0.39 is 17.8 Å². The fourth-order valence-corrected chi connectivity index (χ4v) is 3.19. The Morgan fingerprint density at radius 1 is 1.17 bits per heavy atom. The zero-order valence-corrected chi connectivity index (χ0v) is 16.4. The van der Waals surface area contributed by atoms with Crippen LogP contribution >= 0.6 is 0 Å². The van der Waals surface area contributed by atoms with Crippen LogP contribution in [0.5, 0.6) is 5.75 Å². The van der Waals surface area contributed by atoms with Crippen molar-refractivity contribution in [2.24, 2.45) is 0 Å². The third-order valence-electron chi connectivity index (χ3n) is 4.94. The molecule has 1 atom stereocenters. The van der Waals surface area contributed by atoms with Crippen LogP contribution in [0, 0.1) is 6.92 Å². The average Bonchev–Trinajstić information content (AvgIpc) is 2.69. The molecule has 5 nitrogen and oxygen atoms in total. The third kappa shape index (κ3) is 5.62. The standard InChI is InChI=1S/C21H24F3N3O2/c1-14-3-6-18(7-4-14)29-15(2)20(28)26-17-9-11-27(12-10-17)19-8-5-16(13-25-19)21(22,23)24/h3-8,13,15,17H,9-12H2,1-2H3,(H,26,28). The normalized spacial score (nSPS) is 16.4. The Morgan fingerprint density at radius 3 is 2.38 bits per heavy atom. The van der Waals surface area contributed by atoms with Gasteiger partial charge >= 0.3 is 6.18 Å². The van der Waals surface area contributed by atoms with E-state index in [1.807, 2.05) is 36.1 Å². The Hall–Kier alpha value is -2.77. The van der Waals surface area contributed by atoms with E-state index >= 15 is 0 Å². The number of nitrogens with zero attached hydrogens (tertiary/aromatic N) is 2. The molecule has 1 N–H and O–H groups in total. The molecule has 2 aromatic rings. The molecule has 156 valence electrons. The second-order valence-corrected chi connectivity index (χ2v) is 7.25. The molecule has 1 saturated heterocycles. The van der Waals surface area contributed by atoms with E-state index in [0.717, 1.165) is 17.8 Å². The predicted molar refractivity (Wildman–Crippen MR) is 104 cm³/mol.